The molecular formula is C16H18BrClN2O. The first kappa shape index (κ1) is 16.3. The average molecular weight is 370 g/mol. The molecule has 0 fully saturated rings. The number of hydrogen-bond acceptors (Lipinski definition) is 3. The van der Waals surface area contributed by atoms with E-state index in [0.29, 0.717) is 17.4 Å². The lowest BCUT2D eigenvalue weighted by Crippen LogP contribution is -2.13. The number of pyridine rings is 1. The van der Waals surface area contributed by atoms with Crippen LogP contribution in [0, 0.1) is 13.8 Å². The summed E-state index contributed by atoms with van der Waals surface area (Å²) in [5, 5.41) is 4.01. The molecule has 0 atom stereocenters. The van der Waals surface area contributed by atoms with Crippen molar-refractivity contribution in [2.45, 2.75) is 27.3 Å². The van der Waals surface area contributed by atoms with Crippen molar-refractivity contribution >= 4 is 27.5 Å². The smallest absolute Gasteiger partial charge is 0.223 e. The molecule has 0 unspecified atom stereocenters. The first-order valence-electron chi connectivity index (χ1n) is 6.81. The highest BCUT2D eigenvalue weighted by molar-refractivity contribution is 9.10. The quantitative estimate of drug-likeness (QED) is 0.804. The fraction of sp³-hybridized carbons (Fsp3) is 0.312. The topological polar surface area (TPSA) is 34.2 Å². The Morgan fingerprint density at radius 1 is 1.24 bits per heavy atom. The molecule has 1 aromatic carbocycles. The fourth-order valence-corrected chi connectivity index (χ4v) is 2.81. The van der Waals surface area contributed by atoms with Crippen molar-refractivity contribution in [1.82, 2.24) is 10.3 Å². The molecule has 21 heavy (non-hydrogen) atoms. The predicted molar refractivity (Wildman–Crippen MR) is 90.3 cm³/mol. The van der Waals surface area contributed by atoms with Crippen LogP contribution in [0.15, 0.2) is 28.9 Å². The van der Waals surface area contributed by atoms with E-state index in [1.54, 1.807) is 6.20 Å². The van der Waals surface area contributed by atoms with Crippen molar-refractivity contribution < 1.29 is 4.74 Å². The van der Waals surface area contributed by atoms with E-state index in [1.165, 1.54) is 0 Å². The molecule has 0 bridgehead atoms. The molecule has 3 nitrogen and oxygen atoms in total. The zero-order valence-electron chi connectivity index (χ0n) is 12.3. The molecule has 0 saturated heterocycles. The third-order valence-electron chi connectivity index (χ3n) is 3.08. The molecule has 1 aromatic heterocycles. The molecule has 0 spiro atoms. The van der Waals surface area contributed by atoms with E-state index >= 15 is 0 Å². The second kappa shape index (κ2) is 7.25. The minimum atomic E-state index is 0.618. The molecule has 5 heteroatoms. The van der Waals surface area contributed by atoms with Crippen LogP contribution in [-0.4, -0.2) is 11.5 Å². The Balaban J connectivity index is 2.35. The Labute approximate surface area is 138 Å². The van der Waals surface area contributed by atoms with E-state index < -0.39 is 0 Å². The second-order valence-corrected chi connectivity index (χ2v) is 6.22. The third kappa shape index (κ3) is 4.19. The van der Waals surface area contributed by atoms with Crippen LogP contribution in [0.1, 0.15) is 23.6 Å². The lowest BCUT2D eigenvalue weighted by molar-refractivity contribution is 0.446. The Bertz CT molecular complexity index is 623. The van der Waals surface area contributed by atoms with E-state index in [0.717, 1.165) is 33.5 Å². The number of halogens is 2. The second-order valence-electron chi connectivity index (χ2n) is 4.87. The molecule has 112 valence electrons. The summed E-state index contributed by atoms with van der Waals surface area (Å²) < 4.78 is 6.98. The van der Waals surface area contributed by atoms with Crippen molar-refractivity contribution in [2.24, 2.45) is 0 Å². The van der Waals surface area contributed by atoms with Gasteiger partial charge in [-0.15, -0.1) is 0 Å². The standard InChI is InChI=1S/C16H18BrClN2O/c1-4-19-8-12-7-13(17)9-20-16(12)21-15-10(2)5-14(18)6-11(15)3/h5-7,9,19H,4,8H2,1-3H3. The van der Waals surface area contributed by atoms with Gasteiger partial charge in [0.05, 0.1) is 0 Å². The van der Waals surface area contributed by atoms with Crippen LogP contribution in [0.4, 0.5) is 0 Å². The van der Waals surface area contributed by atoms with Crippen molar-refractivity contribution in [2.75, 3.05) is 6.54 Å². The highest BCUT2D eigenvalue weighted by atomic mass is 79.9. The molecule has 2 aromatic rings. The summed E-state index contributed by atoms with van der Waals surface area (Å²) in [6, 6.07) is 5.81. The molecule has 0 aliphatic heterocycles. The van der Waals surface area contributed by atoms with Gasteiger partial charge in [-0.3, -0.25) is 0 Å². The molecule has 1 N–H and O–H groups in total. The molecule has 0 amide bonds. The summed E-state index contributed by atoms with van der Waals surface area (Å²) in [5.74, 6) is 1.43. The van der Waals surface area contributed by atoms with Gasteiger partial charge >= 0.3 is 0 Å². The van der Waals surface area contributed by atoms with E-state index in [-0.39, 0.29) is 0 Å². The van der Waals surface area contributed by atoms with Crippen LogP contribution >= 0.6 is 27.5 Å². The number of rotatable bonds is 5. The maximum absolute atomic E-state index is 6.06. The van der Waals surface area contributed by atoms with Crippen LogP contribution in [0.3, 0.4) is 0 Å². The van der Waals surface area contributed by atoms with E-state index in [1.807, 2.05) is 32.0 Å². The largest absolute Gasteiger partial charge is 0.438 e. The minimum Gasteiger partial charge on any atom is -0.438 e. The molecular weight excluding hydrogens is 352 g/mol. The maximum Gasteiger partial charge on any atom is 0.223 e. The number of nitrogens with one attached hydrogen (secondary N) is 1. The van der Waals surface area contributed by atoms with Gasteiger partial charge in [0.25, 0.3) is 0 Å². The molecule has 0 aliphatic rings. The Hall–Kier alpha value is -1.10. The van der Waals surface area contributed by atoms with Crippen LogP contribution in [0.25, 0.3) is 0 Å². The Morgan fingerprint density at radius 2 is 1.90 bits per heavy atom. The van der Waals surface area contributed by atoms with Crippen LogP contribution < -0.4 is 10.1 Å². The molecule has 0 saturated carbocycles. The molecule has 2 rings (SSSR count). The summed E-state index contributed by atoms with van der Waals surface area (Å²) in [6.45, 7) is 7.64. The summed E-state index contributed by atoms with van der Waals surface area (Å²) in [4.78, 5) is 4.39. The van der Waals surface area contributed by atoms with Gasteiger partial charge < -0.3 is 10.1 Å². The van der Waals surface area contributed by atoms with E-state index in [4.69, 9.17) is 16.3 Å². The van der Waals surface area contributed by atoms with Gasteiger partial charge in [-0.05, 0) is 65.6 Å². The monoisotopic (exact) mass is 368 g/mol. The van der Waals surface area contributed by atoms with Gasteiger partial charge in [-0.25, -0.2) is 4.98 Å². The SMILES string of the molecule is CCNCc1cc(Br)cnc1Oc1c(C)cc(Cl)cc1C. The number of nitrogens with zero attached hydrogens (tertiary/aromatic N) is 1. The normalized spacial score (nSPS) is 10.7. The molecule has 0 aliphatic carbocycles. The zero-order valence-corrected chi connectivity index (χ0v) is 14.7. The molecule has 1 heterocycles. The van der Waals surface area contributed by atoms with Crippen molar-refractivity contribution in [3.8, 4) is 11.6 Å². The molecule has 0 radical (unpaired) electrons. The van der Waals surface area contributed by atoms with E-state index in [2.05, 4.69) is 33.2 Å². The highest BCUT2D eigenvalue weighted by Gasteiger charge is 2.12. The first-order valence-corrected chi connectivity index (χ1v) is 7.98. The van der Waals surface area contributed by atoms with Gasteiger partial charge in [-0.1, -0.05) is 18.5 Å². The number of hydrogen-bond donors (Lipinski definition) is 1. The number of aromatic nitrogens is 1. The van der Waals surface area contributed by atoms with Crippen molar-refractivity contribution in [1.29, 1.82) is 0 Å². The lowest BCUT2D eigenvalue weighted by atomic mass is 10.1. The lowest BCUT2D eigenvalue weighted by Gasteiger charge is -2.14. The minimum absolute atomic E-state index is 0.618. The summed E-state index contributed by atoms with van der Waals surface area (Å²) in [6.07, 6.45) is 1.74. The van der Waals surface area contributed by atoms with Gasteiger partial charge in [0.2, 0.25) is 5.88 Å². The number of benzene rings is 1. The average Bonchev–Trinajstić information content (AvgIpc) is 2.42. The maximum atomic E-state index is 6.06. The van der Waals surface area contributed by atoms with Crippen molar-refractivity contribution in [3.05, 3.63) is 50.6 Å². The summed E-state index contributed by atoms with van der Waals surface area (Å²) in [7, 11) is 0. The highest BCUT2D eigenvalue weighted by Crippen LogP contribution is 2.32. The first-order chi connectivity index (χ1) is 10.0. The fourth-order valence-electron chi connectivity index (χ4n) is 2.10. The number of ether oxygens (including phenoxy) is 1. The third-order valence-corrected chi connectivity index (χ3v) is 3.73. The van der Waals surface area contributed by atoms with Crippen LogP contribution in [0.5, 0.6) is 11.6 Å². The predicted octanol–water partition coefficient (Wildman–Crippen LogP) is 5.02. The van der Waals surface area contributed by atoms with Gasteiger partial charge in [0.15, 0.2) is 0 Å². The Morgan fingerprint density at radius 3 is 2.52 bits per heavy atom. The van der Waals surface area contributed by atoms with Crippen LogP contribution in [0.2, 0.25) is 5.02 Å². The number of aryl methyl sites for hydroxylation is 2. The zero-order chi connectivity index (χ0) is 15.4. The van der Waals surface area contributed by atoms with Crippen molar-refractivity contribution in [3.63, 3.8) is 0 Å². The van der Waals surface area contributed by atoms with Crippen LogP contribution in [-0.2, 0) is 6.54 Å². The summed E-state index contributed by atoms with van der Waals surface area (Å²) >= 11 is 9.51. The van der Waals surface area contributed by atoms with Gasteiger partial charge in [0, 0.05) is 27.8 Å². The van der Waals surface area contributed by atoms with Gasteiger partial charge in [0.1, 0.15) is 5.75 Å². The van der Waals surface area contributed by atoms with Gasteiger partial charge in [-0.2, -0.15) is 0 Å². The Kier molecular flexibility index (Phi) is 5.62. The summed E-state index contributed by atoms with van der Waals surface area (Å²) in [5.41, 5.74) is 3.01. The van der Waals surface area contributed by atoms with E-state index in [9.17, 15) is 0 Å².